The van der Waals surface area contributed by atoms with Crippen molar-refractivity contribution in [1.82, 2.24) is 9.13 Å². The van der Waals surface area contributed by atoms with Crippen molar-refractivity contribution in [1.29, 1.82) is 0 Å². The van der Waals surface area contributed by atoms with Gasteiger partial charge in [0.05, 0.1) is 72.0 Å². The molecule has 7 rings (SSSR count). The van der Waals surface area contributed by atoms with Crippen LogP contribution in [0.3, 0.4) is 0 Å². The molecule has 5 aromatic carbocycles. The number of fused-ring (bicyclic) bond motifs is 4. The number of carbonyl (C=O) groups is 2. The Morgan fingerprint density at radius 2 is 1.02 bits per heavy atom. The van der Waals surface area contributed by atoms with Gasteiger partial charge in [-0.05, 0) is 86.6 Å². The second-order valence-electron chi connectivity index (χ2n) is 12.5. The number of aryl methyl sites for hydroxylation is 2. The summed E-state index contributed by atoms with van der Waals surface area (Å²) in [6.45, 7) is 3.30. The van der Waals surface area contributed by atoms with Crippen LogP contribution in [0.25, 0.3) is 43.6 Å². The fourth-order valence-corrected chi connectivity index (χ4v) is 8.55. The maximum absolute atomic E-state index is 14.7. The van der Waals surface area contributed by atoms with Crippen LogP contribution in [0.2, 0.25) is 0 Å². The van der Waals surface area contributed by atoms with E-state index >= 15 is 0 Å². The summed E-state index contributed by atoms with van der Waals surface area (Å²) >= 11 is 0.502. The van der Waals surface area contributed by atoms with E-state index in [1.807, 2.05) is 0 Å². The third-order valence-electron chi connectivity index (χ3n) is 9.00. The van der Waals surface area contributed by atoms with E-state index in [2.05, 4.69) is 18.7 Å². The van der Waals surface area contributed by atoms with Crippen LogP contribution in [0.15, 0.2) is 114 Å². The van der Waals surface area contributed by atoms with Crippen LogP contribution in [0, 0.1) is 13.8 Å². The molecule has 0 atom stereocenters. The molecule has 0 fully saturated rings. The third kappa shape index (κ3) is 10.8. The number of rotatable bonds is 10. The monoisotopic (exact) mass is 956 g/mol. The molecule has 298 valence electrons. The molecule has 0 bridgehead atoms. The molecule has 18 nitrogen and oxygen atoms in total. The van der Waals surface area contributed by atoms with Crippen LogP contribution in [0.5, 0.6) is 0 Å². The second kappa shape index (κ2) is 22.0. The minimum absolute atomic E-state index is 0. The summed E-state index contributed by atoms with van der Waals surface area (Å²) < 4.78 is 84.1. The van der Waals surface area contributed by atoms with Crippen LogP contribution < -0.4 is 140 Å². The Morgan fingerprint density at radius 1 is 0.548 bits per heavy atom. The van der Waals surface area contributed by atoms with E-state index < -0.39 is 63.8 Å². The van der Waals surface area contributed by atoms with Gasteiger partial charge in [-0.1, -0.05) is 23.3 Å². The number of carbonyl (C=O) groups excluding carboxylic acids is 2. The number of aromatic nitrogens is 2. The fourth-order valence-electron chi connectivity index (χ4n) is 6.55. The first-order valence-corrected chi connectivity index (χ1v) is 20.4. The molecule has 2 aromatic heterocycles. The number of hydrogen-bond acceptors (Lipinski definition) is 18. The van der Waals surface area contributed by atoms with E-state index in [-0.39, 0.29) is 184 Å². The molecule has 0 aliphatic carbocycles. The van der Waals surface area contributed by atoms with Gasteiger partial charge in [0.2, 0.25) is 0 Å². The van der Waals surface area contributed by atoms with E-state index in [1.165, 1.54) is 24.3 Å². The first-order valence-electron chi connectivity index (χ1n) is 16.1. The van der Waals surface area contributed by atoms with Gasteiger partial charge in [-0.2, -0.15) is 8.67 Å². The smallest absolute Gasteiger partial charge is 0.744 e. The Balaban J connectivity index is 0.00000256. The largest absolute Gasteiger partial charge is 1.00 e. The van der Waals surface area contributed by atoms with Crippen molar-refractivity contribution in [2.45, 2.75) is 33.4 Å². The van der Waals surface area contributed by atoms with Crippen molar-refractivity contribution in [2.24, 2.45) is 0 Å². The van der Waals surface area contributed by atoms with Crippen molar-refractivity contribution in [2.75, 3.05) is 0 Å². The van der Waals surface area contributed by atoms with Crippen LogP contribution in [0.1, 0.15) is 31.8 Å². The average molecular weight is 957 g/mol. The van der Waals surface area contributed by atoms with E-state index in [0.29, 0.717) is 23.2 Å². The van der Waals surface area contributed by atoms with Gasteiger partial charge >= 0.3 is 118 Å². The molecule has 0 spiro atoms. The Kier molecular flexibility index (Phi) is 19.5. The molecule has 62 heavy (non-hydrogen) atoms. The Morgan fingerprint density at radius 3 is 1.48 bits per heavy atom. The molecule has 7 aromatic rings. The molecular formula is C36H20N2Na4O16S4. The van der Waals surface area contributed by atoms with Gasteiger partial charge in [0, 0.05) is 26.4 Å². The Hall–Kier alpha value is -1.34. The minimum atomic E-state index is -5.35. The van der Waals surface area contributed by atoms with Crippen LogP contribution >= 0.6 is 24.1 Å². The SMILES string of the molecule is Cc1ccc2c(c1)c(=O)c1cc3c(cc1n2C(=O)c1cc(S(=O)(=O)[O-])ccc1SOO[O-])c(=O)c1cc(C)ccc1n3C(=O)c1cc(SOO[O-])ccc1S(=O)(=O)[O-].[Na+].[Na+].[Na+].[Na+]. The summed E-state index contributed by atoms with van der Waals surface area (Å²) in [6.07, 6.45) is 0. The number of benzene rings is 5. The predicted molar refractivity (Wildman–Crippen MR) is 199 cm³/mol. The van der Waals surface area contributed by atoms with Crippen molar-refractivity contribution in [3.63, 3.8) is 0 Å². The maximum atomic E-state index is 14.7. The van der Waals surface area contributed by atoms with Crippen LogP contribution in [-0.2, 0) is 39.0 Å². The van der Waals surface area contributed by atoms with E-state index in [9.17, 15) is 55.6 Å². The summed E-state index contributed by atoms with van der Waals surface area (Å²) in [4.78, 5) is 56.1. The quantitative estimate of drug-likeness (QED) is 0.0307. The number of pyridine rings is 2. The first kappa shape index (κ1) is 55.0. The number of nitrogens with zero attached hydrogens (tertiary/aromatic N) is 2. The summed E-state index contributed by atoms with van der Waals surface area (Å²) in [5.74, 6) is -2.25. The fraction of sp³-hybridized carbons (Fsp3) is 0.0556. The first-order chi connectivity index (χ1) is 27.4. The van der Waals surface area contributed by atoms with Gasteiger partial charge in [0.25, 0.3) is 11.8 Å². The van der Waals surface area contributed by atoms with Gasteiger partial charge in [0.15, 0.2) is 10.9 Å². The average Bonchev–Trinajstić information content (AvgIpc) is 3.18. The summed E-state index contributed by atoms with van der Waals surface area (Å²) in [6, 6.07) is 16.5. The van der Waals surface area contributed by atoms with Gasteiger partial charge in [0.1, 0.15) is 20.2 Å². The Bertz CT molecular complexity index is 3290. The number of hydrogen-bond donors (Lipinski definition) is 0. The molecule has 26 heteroatoms. The molecular weight excluding hydrogens is 937 g/mol. The molecule has 0 N–H and O–H groups in total. The van der Waals surface area contributed by atoms with Crippen molar-refractivity contribution in [3.05, 3.63) is 128 Å². The molecule has 0 aliphatic rings. The summed E-state index contributed by atoms with van der Waals surface area (Å²) in [5.41, 5.74) is -2.18. The predicted octanol–water partition coefficient (Wildman–Crippen LogP) is -9.10. The molecule has 0 saturated heterocycles. The molecule has 2 heterocycles. The van der Waals surface area contributed by atoms with Crippen molar-refractivity contribution in [3.8, 4) is 0 Å². The molecule has 0 radical (unpaired) electrons. The van der Waals surface area contributed by atoms with E-state index in [0.717, 1.165) is 57.7 Å². The summed E-state index contributed by atoms with van der Waals surface area (Å²) in [7, 11) is -10.5. The van der Waals surface area contributed by atoms with Crippen molar-refractivity contribution >= 4 is 99.7 Å². The zero-order valence-electron chi connectivity index (χ0n) is 33.1. The van der Waals surface area contributed by atoms with Gasteiger partial charge < -0.3 is 19.6 Å². The third-order valence-corrected chi connectivity index (χ3v) is 12.0. The maximum Gasteiger partial charge on any atom is 1.00 e. The molecule has 0 saturated carbocycles. The van der Waals surface area contributed by atoms with Crippen molar-refractivity contribution < 1.29 is 183 Å². The molecule has 0 amide bonds. The van der Waals surface area contributed by atoms with Gasteiger partial charge in [-0.3, -0.25) is 38.4 Å². The zero-order valence-corrected chi connectivity index (χ0v) is 44.4. The second-order valence-corrected chi connectivity index (χ2v) is 16.8. The minimum Gasteiger partial charge on any atom is -0.744 e. The molecule has 0 unspecified atom stereocenters. The van der Waals surface area contributed by atoms with E-state index in [4.69, 9.17) is 0 Å². The van der Waals surface area contributed by atoms with E-state index in [1.54, 1.807) is 26.0 Å². The van der Waals surface area contributed by atoms with Crippen LogP contribution in [0.4, 0.5) is 0 Å². The van der Waals surface area contributed by atoms with Gasteiger partial charge in [-0.25, -0.2) is 16.8 Å². The standard InChI is InChI=1S/C36H24N2O16S4.4Na/c1-17-3-7-27-21(11-17)33(39)23-16-30-24(15-29(23)37(27)35(41)25-14-20(57(45,46)47)6-9-31(25)56-54-52-44)34(40)22-12-18(2)4-8-28(22)38(30)36(42)26-13-19(55-53-51-43)5-10-32(26)58(48,49)50;;;;/h3-16,43-44H,1-2H3,(H,45,46,47)(H,48,49,50);;;;/q;4*+1/p-4. The topological polar surface area (TPSA) is 276 Å². The van der Waals surface area contributed by atoms with Gasteiger partial charge in [-0.15, -0.1) is 0 Å². The Labute approximate surface area is 447 Å². The van der Waals surface area contributed by atoms with Crippen LogP contribution in [-0.4, -0.2) is 46.9 Å². The molecule has 0 aliphatic heterocycles. The summed E-state index contributed by atoms with van der Waals surface area (Å²) in [5, 5.41) is 27.3. The normalized spacial score (nSPS) is 11.5. The zero-order chi connectivity index (χ0) is 41.8.